The van der Waals surface area contributed by atoms with E-state index in [-0.39, 0.29) is 0 Å². The Hall–Kier alpha value is -2.08. The quantitative estimate of drug-likeness (QED) is 0.568. The van der Waals surface area contributed by atoms with Gasteiger partial charge in [-0.2, -0.15) is 0 Å². The zero-order valence-electron chi connectivity index (χ0n) is 14.6. The smallest absolute Gasteiger partial charge is 0.218 e. The van der Waals surface area contributed by atoms with Crippen molar-refractivity contribution in [2.75, 3.05) is 13.7 Å². The van der Waals surface area contributed by atoms with Crippen molar-refractivity contribution >= 4 is 17.3 Å². The molecule has 0 saturated carbocycles. The molecule has 6 heteroatoms. The number of aliphatic imine (C=N–C) groups is 1. The van der Waals surface area contributed by atoms with E-state index in [4.69, 9.17) is 4.74 Å². The zero-order valence-corrected chi connectivity index (χ0v) is 15.4. The van der Waals surface area contributed by atoms with E-state index < -0.39 is 0 Å². The van der Waals surface area contributed by atoms with Crippen LogP contribution in [-0.4, -0.2) is 24.6 Å². The first-order chi connectivity index (χ1) is 11.8. The van der Waals surface area contributed by atoms with Crippen LogP contribution >= 0.6 is 11.3 Å². The number of hydrogen-bond donors (Lipinski definition) is 2. The predicted molar refractivity (Wildman–Crippen MR) is 101 cm³/mol. The summed E-state index contributed by atoms with van der Waals surface area (Å²) in [6, 6.07) is 8.29. The lowest BCUT2D eigenvalue weighted by Crippen LogP contribution is -2.36. The second-order valence-corrected chi connectivity index (χ2v) is 6.57. The average molecular weight is 347 g/mol. The van der Waals surface area contributed by atoms with Gasteiger partial charge in [-0.3, -0.25) is 4.99 Å². The van der Waals surface area contributed by atoms with Crippen LogP contribution in [0.5, 0.6) is 5.88 Å². The fraction of sp³-hybridized carbons (Fsp3) is 0.444. The number of aromatic nitrogens is 1. The van der Waals surface area contributed by atoms with Gasteiger partial charge in [0.1, 0.15) is 0 Å². The Labute approximate surface area is 148 Å². The number of guanidine groups is 1. The predicted octanol–water partition coefficient (Wildman–Crippen LogP) is 3.36. The van der Waals surface area contributed by atoms with Crippen LogP contribution in [0.1, 0.15) is 35.6 Å². The van der Waals surface area contributed by atoms with Gasteiger partial charge < -0.3 is 15.4 Å². The summed E-state index contributed by atoms with van der Waals surface area (Å²) in [6.07, 6.45) is 3.80. The van der Waals surface area contributed by atoms with Crippen LogP contribution in [0.4, 0.5) is 0 Å². The second-order valence-electron chi connectivity index (χ2n) is 5.32. The van der Waals surface area contributed by atoms with Crippen molar-refractivity contribution in [2.45, 2.75) is 39.8 Å². The lowest BCUT2D eigenvalue weighted by Gasteiger charge is -2.13. The van der Waals surface area contributed by atoms with Gasteiger partial charge in [-0.15, -0.1) is 11.3 Å². The topological polar surface area (TPSA) is 58.5 Å². The van der Waals surface area contributed by atoms with E-state index in [1.165, 1.54) is 9.75 Å². The number of pyridine rings is 1. The maximum absolute atomic E-state index is 5.69. The average Bonchev–Trinajstić information content (AvgIpc) is 3.09. The number of thiophene rings is 1. The molecule has 2 rings (SSSR count). The number of nitrogens with one attached hydrogen (secondary N) is 2. The second kappa shape index (κ2) is 9.93. The third kappa shape index (κ3) is 5.53. The van der Waals surface area contributed by atoms with E-state index in [1.54, 1.807) is 13.2 Å². The van der Waals surface area contributed by atoms with Crippen molar-refractivity contribution in [3.63, 3.8) is 0 Å². The van der Waals surface area contributed by atoms with Crippen LogP contribution in [-0.2, 0) is 19.5 Å². The minimum atomic E-state index is 0.622. The lowest BCUT2D eigenvalue weighted by atomic mass is 10.2. The summed E-state index contributed by atoms with van der Waals surface area (Å²) in [6.45, 7) is 6.33. The van der Waals surface area contributed by atoms with Gasteiger partial charge in [0.05, 0.1) is 13.2 Å². The van der Waals surface area contributed by atoms with Crippen LogP contribution in [0.3, 0.4) is 0 Å². The van der Waals surface area contributed by atoms with Gasteiger partial charge in [0, 0.05) is 35.1 Å². The molecule has 0 atom stereocenters. The molecule has 0 aromatic carbocycles. The van der Waals surface area contributed by atoms with Crippen LogP contribution in [0.25, 0.3) is 0 Å². The van der Waals surface area contributed by atoms with Gasteiger partial charge in [0.25, 0.3) is 0 Å². The summed E-state index contributed by atoms with van der Waals surface area (Å²) in [5.74, 6) is 1.46. The van der Waals surface area contributed by atoms with Gasteiger partial charge in [-0.1, -0.05) is 19.9 Å². The maximum atomic E-state index is 5.69. The van der Waals surface area contributed by atoms with E-state index in [9.17, 15) is 0 Å². The maximum Gasteiger partial charge on any atom is 0.218 e. The molecule has 2 aromatic rings. The van der Waals surface area contributed by atoms with Crippen molar-refractivity contribution in [1.82, 2.24) is 15.6 Å². The Bertz CT molecular complexity index is 654. The Balaban J connectivity index is 1.87. The van der Waals surface area contributed by atoms with Gasteiger partial charge >= 0.3 is 0 Å². The molecule has 130 valence electrons. The van der Waals surface area contributed by atoms with Crippen molar-refractivity contribution in [3.8, 4) is 5.88 Å². The van der Waals surface area contributed by atoms with Gasteiger partial charge in [0.2, 0.25) is 5.88 Å². The first kappa shape index (κ1) is 18.3. The van der Waals surface area contributed by atoms with E-state index >= 15 is 0 Å². The van der Waals surface area contributed by atoms with Crippen molar-refractivity contribution in [2.24, 2.45) is 4.99 Å². The Morgan fingerprint density at radius 1 is 1.17 bits per heavy atom. The monoisotopic (exact) mass is 346 g/mol. The minimum Gasteiger partial charge on any atom is -0.477 e. The third-order valence-electron chi connectivity index (χ3n) is 3.46. The molecule has 2 N–H and O–H groups in total. The third-order valence-corrected chi connectivity index (χ3v) is 4.69. The van der Waals surface area contributed by atoms with E-state index in [2.05, 4.69) is 46.6 Å². The fourth-order valence-electron chi connectivity index (χ4n) is 2.17. The molecule has 0 amide bonds. The van der Waals surface area contributed by atoms with Crippen LogP contribution in [0.15, 0.2) is 35.5 Å². The molecule has 0 spiro atoms. The number of hydrogen-bond acceptors (Lipinski definition) is 4. The summed E-state index contributed by atoms with van der Waals surface area (Å²) in [7, 11) is 1.78. The summed E-state index contributed by atoms with van der Waals surface area (Å²) >= 11 is 1.84. The Morgan fingerprint density at radius 3 is 2.67 bits per heavy atom. The molecule has 2 heterocycles. The van der Waals surface area contributed by atoms with Crippen LogP contribution in [0.2, 0.25) is 0 Å². The zero-order chi connectivity index (χ0) is 17.2. The highest BCUT2D eigenvalue weighted by atomic mass is 32.1. The first-order valence-corrected chi connectivity index (χ1v) is 9.17. The largest absolute Gasteiger partial charge is 0.477 e. The van der Waals surface area contributed by atoms with E-state index in [0.29, 0.717) is 19.0 Å². The van der Waals surface area contributed by atoms with Gasteiger partial charge in [-0.05, 0) is 31.0 Å². The van der Waals surface area contributed by atoms with Crippen molar-refractivity contribution in [3.05, 3.63) is 45.8 Å². The molecule has 0 bridgehead atoms. The number of ether oxygens (including phenoxy) is 1. The highest BCUT2D eigenvalue weighted by molar-refractivity contribution is 7.11. The highest BCUT2D eigenvalue weighted by Crippen LogP contribution is 2.16. The molecule has 0 aliphatic carbocycles. The molecule has 24 heavy (non-hydrogen) atoms. The Kier molecular flexibility index (Phi) is 7.55. The van der Waals surface area contributed by atoms with E-state index in [1.807, 2.05) is 23.5 Å². The number of aryl methyl sites for hydroxylation is 1. The molecule has 0 aliphatic heterocycles. The van der Waals surface area contributed by atoms with Crippen LogP contribution in [0, 0.1) is 0 Å². The van der Waals surface area contributed by atoms with E-state index in [0.717, 1.165) is 30.9 Å². The number of rotatable bonds is 8. The first-order valence-electron chi connectivity index (χ1n) is 8.35. The van der Waals surface area contributed by atoms with Crippen molar-refractivity contribution < 1.29 is 4.74 Å². The summed E-state index contributed by atoms with van der Waals surface area (Å²) in [5, 5.41) is 6.66. The van der Waals surface area contributed by atoms with Gasteiger partial charge in [-0.25, -0.2) is 4.98 Å². The minimum absolute atomic E-state index is 0.622. The standard InChI is InChI=1S/C18H26N4OS/c1-4-11-23-17-14(7-6-10-20-17)12-21-18(19-3)22-13-16-9-8-15(5-2)24-16/h6-10H,4-5,11-13H2,1-3H3,(H2,19,21,22). The molecule has 0 saturated heterocycles. The van der Waals surface area contributed by atoms with Crippen molar-refractivity contribution in [1.29, 1.82) is 0 Å². The summed E-state index contributed by atoms with van der Waals surface area (Å²) in [4.78, 5) is 11.3. The van der Waals surface area contributed by atoms with Gasteiger partial charge in [0.15, 0.2) is 5.96 Å². The molecule has 5 nitrogen and oxygen atoms in total. The normalized spacial score (nSPS) is 11.4. The fourth-order valence-corrected chi connectivity index (χ4v) is 3.06. The molecule has 0 radical (unpaired) electrons. The summed E-state index contributed by atoms with van der Waals surface area (Å²) < 4.78 is 5.69. The summed E-state index contributed by atoms with van der Waals surface area (Å²) in [5.41, 5.74) is 1.03. The lowest BCUT2D eigenvalue weighted by molar-refractivity contribution is 0.301. The highest BCUT2D eigenvalue weighted by Gasteiger charge is 2.06. The molecular formula is C18H26N4OS. The molecule has 0 unspecified atom stereocenters. The Morgan fingerprint density at radius 2 is 1.96 bits per heavy atom. The molecular weight excluding hydrogens is 320 g/mol. The molecule has 0 fully saturated rings. The molecule has 2 aromatic heterocycles. The number of nitrogens with zero attached hydrogens (tertiary/aromatic N) is 2. The molecule has 0 aliphatic rings. The SMILES string of the molecule is CCCOc1ncccc1CNC(=NC)NCc1ccc(CC)s1. The van der Waals surface area contributed by atoms with Crippen LogP contribution < -0.4 is 15.4 Å².